The number of hydrogen-bond acceptors (Lipinski definition) is 3. The van der Waals surface area contributed by atoms with Crippen molar-refractivity contribution in [2.45, 2.75) is 33.1 Å². The summed E-state index contributed by atoms with van der Waals surface area (Å²) in [5, 5.41) is 0. The molecule has 28 heavy (non-hydrogen) atoms. The van der Waals surface area contributed by atoms with E-state index in [1.165, 1.54) is 6.42 Å². The van der Waals surface area contributed by atoms with E-state index in [-0.39, 0.29) is 5.78 Å². The Morgan fingerprint density at radius 2 is 2.14 bits per heavy atom. The average molecular weight is 376 g/mol. The third-order valence-corrected chi connectivity index (χ3v) is 5.59. The van der Waals surface area contributed by atoms with Crippen molar-refractivity contribution in [2.75, 3.05) is 14.2 Å². The molecule has 0 aromatic heterocycles. The summed E-state index contributed by atoms with van der Waals surface area (Å²) < 4.78 is 5.35. The van der Waals surface area contributed by atoms with Crippen molar-refractivity contribution < 1.29 is 9.53 Å². The van der Waals surface area contributed by atoms with Gasteiger partial charge in [0.1, 0.15) is 5.75 Å². The lowest BCUT2D eigenvalue weighted by molar-refractivity contribution is -0.115. The molecule has 2 aliphatic rings. The zero-order chi connectivity index (χ0) is 20.3. The molecule has 0 amide bonds. The first-order chi connectivity index (χ1) is 13.5. The second-order valence-electron chi connectivity index (χ2n) is 7.56. The van der Waals surface area contributed by atoms with Gasteiger partial charge in [-0.05, 0) is 72.1 Å². The number of aryl methyl sites for hydroxylation is 1. The van der Waals surface area contributed by atoms with Crippen LogP contribution in [0.15, 0.2) is 70.8 Å². The van der Waals surface area contributed by atoms with E-state index in [1.807, 2.05) is 31.2 Å². The number of carbonyl (C=O) groups excluding carboxylic acids is 1. The number of carbonyl (C=O) groups is 1. The zero-order valence-corrected chi connectivity index (χ0v) is 17.3. The summed E-state index contributed by atoms with van der Waals surface area (Å²) in [6, 6.07) is 6.00. The summed E-state index contributed by atoms with van der Waals surface area (Å²) in [5.41, 5.74) is 5.71. The lowest BCUT2D eigenvalue weighted by Crippen LogP contribution is -2.10. The van der Waals surface area contributed by atoms with Crippen molar-refractivity contribution in [1.82, 2.24) is 0 Å². The quantitative estimate of drug-likeness (QED) is 0.355. The van der Waals surface area contributed by atoms with Crippen LogP contribution >= 0.6 is 0 Å². The predicted molar refractivity (Wildman–Crippen MR) is 116 cm³/mol. The number of aliphatic imine (C=N–C) groups is 1. The molecule has 0 saturated heterocycles. The first-order valence-electron chi connectivity index (χ1n) is 9.90. The molecule has 1 aromatic rings. The molecule has 3 nitrogen and oxygen atoms in total. The van der Waals surface area contributed by atoms with E-state index in [1.54, 1.807) is 14.2 Å². The van der Waals surface area contributed by atoms with Crippen LogP contribution in [0.4, 0.5) is 0 Å². The van der Waals surface area contributed by atoms with Crippen LogP contribution in [0.2, 0.25) is 0 Å². The van der Waals surface area contributed by atoms with E-state index in [4.69, 9.17) is 4.74 Å². The second kappa shape index (κ2) is 8.55. The van der Waals surface area contributed by atoms with Gasteiger partial charge in [-0.15, -0.1) is 0 Å². The number of nitrogens with zero attached hydrogens (tertiary/aromatic N) is 1. The van der Waals surface area contributed by atoms with Gasteiger partial charge in [-0.25, -0.2) is 0 Å². The van der Waals surface area contributed by atoms with Crippen LogP contribution in [0, 0.1) is 18.8 Å². The predicted octanol–water partition coefficient (Wildman–Crippen LogP) is 5.21. The molecule has 0 spiro atoms. The summed E-state index contributed by atoms with van der Waals surface area (Å²) in [7, 11) is 3.44. The normalized spacial score (nSPS) is 21.1. The number of methoxy groups -OCH3 is 1. The maximum atomic E-state index is 12.7. The number of ether oxygens (including phenoxy) is 1. The van der Waals surface area contributed by atoms with Crippen LogP contribution in [0.3, 0.4) is 0 Å². The lowest BCUT2D eigenvalue weighted by Gasteiger charge is -2.14. The third-order valence-electron chi connectivity index (χ3n) is 5.59. The first-order valence-corrected chi connectivity index (χ1v) is 9.90. The Labute approximate surface area is 168 Å². The average Bonchev–Trinajstić information content (AvgIpc) is 3.48. The minimum absolute atomic E-state index is 0.0939. The van der Waals surface area contributed by atoms with Gasteiger partial charge in [-0.3, -0.25) is 9.79 Å². The highest BCUT2D eigenvalue weighted by Crippen LogP contribution is 2.44. The van der Waals surface area contributed by atoms with Crippen LogP contribution in [0.25, 0.3) is 0 Å². The molecule has 3 heteroatoms. The molecular formula is C25H29NO2. The smallest absolute Gasteiger partial charge is 0.162 e. The van der Waals surface area contributed by atoms with Crippen molar-refractivity contribution in [3.63, 3.8) is 0 Å². The lowest BCUT2D eigenvalue weighted by atomic mass is 9.91. The van der Waals surface area contributed by atoms with E-state index < -0.39 is 0 Å². The number of hydrogen-bond donors (Lipinski definition) is 0. The highest BCUT2D eigenvalue weighted by Gasteiger charge is 2.35. The standard InChI is InChI=1S/C25H29NO2/c1-6-25(27)23(15-24(26-4)19-9-8-18-12-21(18)13-19)17(3)11-20-14-22(28-5)10-7-16(20)2/h7-10,13-15,18,21H,3,6,11-12H2,1-2,4-5H3/b23-15-,26-24?. The number of allylic oxidation sites excluding steroid dienone is 7. The van der Waals surface area contributed by atoms with Crippen LogP contribution in [0.1, 0.15) is 30.9 Å². The summed E-state index contributed by atoms with van der Waals surface area (Å²) in [6.07, 6.45) is 10.9. The van der Waals surface area contributed by atoms with E-state index in [0.29, 0.717) is 30.3 Å². The van der Waals surface area contributed by atoms with Crippen LogP contribution < -0.4 is 4.74 Å². The molecule has 1 aromatic carbocycles. The van der Waals surface area contributed by atoms with Gasteiger partial charge >= 0.3 is 0 Å². The highest BCUT2D eigenvalue weighted by atomic mass is 16.5. The molecule has 146 valence electrons. The molecule has 1 fully saturated rings. The molecule has 2 atom stereocenters. The van der Waals surface area contributed by atoms with Gasteiger partial charge in [0, 0.05) is 19.0 Å². The molecule has 0 N–H and O–H groups in total. The van der Waals surface area contributed by atoms with Crippen LogP contribution in [-0.4, -0.2) is 25.7 Å². The van der Waals surface area contributed by atoms with Gasteiger partial charge in [0.15, 0.2) is 5.78 Å². The molecule has 2 aliphatic carbocycles. The van der Waals surface area contributed by atoms with E-state index in [9.17, 15) is 4.79 Å². The fourth-order valence-corrected chi connectivity index (χ4v) is 3.61. The molecule has 0 heterocycles. The van der Waals surface area contributed by atoms with Gasteiger partial charge < -0.3 is 4.74 Å². The van der Waals surface area contributed by atoms with Crippen molar-refractivity contribution >= 4 is 11.5 Å². The number of Topliss-reactive ketones (excluding diaryl/α,β-unsaturated/α-hetero) is 1. The Bertz CT molecular complexity index is 914. The largest absolute Gasteiger partial charge is 0.497 e. The Morgan fingerprint density at radius 3 is 2.79 bits per heavy atom. The molecule has 0 radical (unpaired) electrons. The van der Waals surface area contributed by atoms with Crippen molar-refractivity contribution in [2.24, 2.45) is 16.8 Å². The summed E-state index contributed by atoms with van der Waals surface area (Å²) in [5.74, 6) is 2.25. The second-order valence-corrected chi connectivity index (χ2v) is 7.56. The maximum Gasteiger partial charge on any atom is 0.162 e. The Kier molecular flexibility index (Phi) is 6.13. The number of fused-ring (bicyclic) bond motifs is 1. The van der Waals surface area contributed by atoms with Gasteiger partial charge in [-0.2, -0.15) is 0 Å². The Balaban J connectivity index is 1.89. The molecule has 1 saturated carbocycles. The number of benzene rings is 1. The molecule has 0 bridgehead atoms. The van der Waals surface area contributed by atoms with E-state index in [0.717, 1.165) is 33.7 Å². The van der Waals surface area contributed by atoms with Crippen LogP contribution in [-0.2, 0) is 11.2 Å². The summed E-state index contributed by atoms with van der Waals surface area (Å²) >= 11 is 0. The molecular weight excluding hydrogens is 346 g/mol. The Hall–Kier alpha value is -2.68. The van der Waals surface area contributed by atoms with Gasteiger partial charge in [0.2, 0.25) is 0 Å². The molecule has 0 aliphatic heterocycles. The number of ketones is 1. The van der Waals surface area contributed by atoms with Crippen molar-refractivity contribution in [1.29, 1.82) is 0 Å². The minimum Gasteiger partial charge on any atom is -0.497 e. The van der Waals surface area contributed by atoms with Gasteiger partial charge in [0.25, 0.3) is 0 Å². The minimum atomic E-state index is 0.0939. The van der Waals surface area contributed by atoms with Crippen molar-refractivity contribution in [3.8, 4) is 5.75 Å². The monoisotopic (exact) mass is 375 g/mol. The maximum absolute atomic E-state index is 12.7. The van der Waals surface area contributed by atoms with E-state index in [2.05, 4.69) is 36.7 Å². The number of rotatable bonds is 8. The summed E-state index contributed by atoms with van der Waals surface area (Å²) in [4.78, 5) is 17.2. The highest BCUT2D eigenvalue weighted by molar-refractivity contribution is 6.15. The summed E-state index contributed by atoms with van der Waals surface area (Å²) in [6.45, 7) is 8.20. The van der Waals surface area contributed by atoms with Crippen LogP contribution in [0.5, 0.6) is 5.75 Å². The molecule has 3 rings (SSSR count). The Morgan fingerprint density at radius 1 is 1.36 bits per heavy atom. The zero-order valence-electron chi connectivity index (χ0n) is 17.3. The fourth-order valence-electron chi connectivity index (χ4n) is 3.61. The fraction of sp³-hybridized carbons (Fsp3) is 0.360. The molecule has 2 unspecified atom stereocenters. The van der Waals surface area contributed by atoms with Gasteiger partial charge in [0.05, 0.1) is 12.8 Å². The van der Waals surface area contributed by atoms with Crippen molar-refractivity contribution in [3.05, 3.63) is 76.9 Å². The first kappa shape index (κ1) is 20.1. The third kappa shape index (κ3) is 4.41. The SMILES string of the molecule is C=C(Cc1cc(OC)ccc1C)/C(=C/C(=NC)C1=CC2CC2C=C1)C(=O)CC. The van der Waals surface area contributed by atoms with E-state index >= 15 is 0 Å². The topological polar surface area (TPSA) is 38.7 Å². The van der Waals surface area contributed by atoms with Gasteiger partial charge in [-0.1, -0.05) is 37.8 Å².